The highest BCUT2D eigenvalue weighted by Crippen LogP contribution is 2.28. The van der Waals surface area contributed by atoms with Gasteiger partial charge in [-0.15, -0.1) is 0 Å². The summed E-state index contributed by atoms with van der Waals surface area (Å²) in [5.41, 5.74) is 9.75. The molecule has 6 nitrogen and oxygen atoms in total. The Labute approximate surface area is 107 Å². The fraction of sp³-hybridized carbons (Fsp3) is 0.182. The summed E-state index contributed by atoms with van der Waals surface area (Å²) in [4.78, 5) is 0. The van der Waals surface area contributed by atoms with Crippen molar-refractivity contribution in [1.82, 2.24) is 20.1 Å². The van der Waals surface area contributed by atoms with Crippen molar-refractivity contribution in [2.24, 2.45) is 0 Å². The molecule has 3 rings (SSSR count). The lowest BCUT2D eigenvalue weighted by Crippen LogP contribution is -2.01. The molecule has 18 heavy (non-hydrogen) atoms. The summed E-state index contributed by atoms with van der Waals surface area (Å²) >= 11 is 6.14. The molecule has 0 aliphatic heterocycles. The Morgan fingerprint density at radius 2 is 1.94 bits per heavy atom. The molecule has 0 radical (unpaired) electrons. The van der Waals surface area contributed by atoms with Crippen LogP contribution in [0.25, 0.3) is 16.7 Å². The van der Waals surface area contributed by atoms with E-state index < -0.39 is 0 Å². The van der Waals surface area contributed by atoms with Crippen molar-refractivity contribution in [2.45, 2.75) is 13.8 Å². The third-order valence-corrected chi connectivity index (χ3v) is 3.40. The highest BCUT2D eigenvalue weighted by Gasteiger charge is 2.16. The largest absolute Gasteiger partial charge is 0.397 e. The van der Waals surface area contributed by atoms with Crippen molar-refractivity contribution in [1.29, 1.82) is 0 Å². The van der Waals surface area contributed by atoms with Crippen LogP contribution < -0.4 is 5.73 Å². The summed E-state index contributed by atoms with van der Waals surface area (Å²) in [5, 5.41) is 12.7. The first kappa shape index (κ1) is 11.0. The third-order valence-electron chi connectivity index (χ3n) is 2.86. The van der Waals surface area contributed by atoms with Crippen LogP contribution in [0.15, 0.2) is 16.8 Å². The maximum atomic E-state index is 6.14. The summed E-state index contributed by atoms with van der Waals surface area (Å²) in [6, 6.07) is 3.56. The zero-order valence-corrected chi connectivity index (χ0v) is 10.6. The molecule has 0 spiro atoms. The number of hydrogen-bond donors (Lipinski definition) is 1. The Morgan fingerprint density at radius 1 is 1.22 bits per heavy atom. The standard InChI is InChI=1S/C11H10ClN5O/c1-5-9(12)6(2)17(14-5)8-4-3-7(13)10-11(8)16-18-15-10/h3-4H,13H2,1-2H3. The van der Waals surface area contributed by atoms with Gasteiger partial charge in [0, 0.05) is 0 Å². The van der Waals surface area contributed by atoms with E-state index in [9.17, 15) is 0 Å². The number of nitrogens with zero attached hydrogens (tertiary/aromatic N) is 4. The van der Waals surface area contributed by atoms with Crippen molar-refractivity contribution in [2.75, 3.05) is 5.73 Å². The predicted octanol–water partition coefficient (Wildman–Crippen LogP) is 2.26. The molecule has 0 aliphatic carbocycles. The molecule has 0 fully saturated rings. The second-order valence-corrected chi connectivity index (χ2v) is 4.41. The predicted molar refractivity (Wildman–Crippen MR) is 67.8 cm³/mol. The van der Waals surface area contributed by atoms with Crippen LogP contribution >= 0.6 is 11.6 Å². The van der Waals surface area contributed by atoms with E-state index in [4.69, 9.17) is 22.0 Å². The van der Waals surface area contributed by atoms with E-state index in [0.29, 0.717) is 21.7 Å². The molecule has 0 unspecified atom stereocenters. The maximum Gasteiger partial charge on any atom is 0.163 e. The van der Waals surface area contributed by atoms with E-state index in [1.165, 1.54) is 0 Å². The number of nitrogen functional groups attached to an aromatic ring is 1. The van der Waals surface area contributed by atoms with Gasteiger partial charge in [0.2, 0.25) is 0 Å². The van der Waals surface area contributed by atoms with Gasteiger partial charge in [-0.05, 0) is 36.3 Å². The number of hydrogen-bond acceptors (Lipinski definition) is 5. The topological polar surface area (TPSA) is 82.8 Å². The van der Waals surface area contributed by atoms with Gasteiger partial charge in [0.1, 0.15) is 0 Å². The molecule has 0 amide bonds. The van der Waals surface area contributed by atoms with Crippen LogP contribution in [0.5, 0.6) is 0 Å². The number of rotatable bonds is 1. The zero-order valence-electron chi connectivity index (χ0n) is 9.81. The number of aromatic nitrogens is 4. The normalized spacial score (nSPS) is 11.3. The van der Waals surface area contributed by atoms with E-state index >= 15 is 0 Å². The van der Waals surface area contributed by atoms with E-state index in [-0.39, 0.29) is 0 Å². The molecule has 0 aliphatic rings. The SMILES string of the molecule is Cc1nn(-c2ccc(N)c3nonc23)c(C)c1Cl. The first-order valence-corrected chi connectivity index (χ1v) is 5.70. The summed E-state index contributed by atoms with van der Waals surface area (Å²) in [6.07, 6.45) is 0. The average molecular weight is 264 g/mol. The molecule has 2 aromatic heterocycles. The van der Waals surface area contributed by atoms with Crippen molar-refractivity contribution < 1.29 is 4.63 Å². The van der Waals surface area contributed by atoms with Crippen molar-refractivity contribution in [3.05, 3.63) is 28.5 Å². The second-order valence-electron chi connectivity index (χ2n) is 4.03. The molecule has 92 valence electrons. The van der Waals surface area contributed by atoms with Crippen LogP contribution in [-0.2, 0) is 0 Å². The number of halogens is 1. The minimum Gasteiger partial charge on any atom is -0.397 e. The lowest BCUT2D eigenvalue weighted by atomic mass is 10.2. The monoisotopic (exact) mass is 263 g/mol. The Bertz CT molecular complexity index is 745. The van der Waals surface area contributed by atoms with Gasteiger partial charge < -0.3 is 5.73 Å². The maximum absolute atomic E-state index is 6.14. The number of nitrogens with two attached hydrogens (primary N) is 1. The quantitative estimate of drug-likeness (QED) is 0.681. The van der Waals surface area contributed by atoms with Crippen LogP contribution in [0.3, 0.4) is 0 Å². The van der Waals surface area contributed by atoms with Crippen LogP contribution in [0.2, 0.25) is 5.02 Å². The van der Waals surface area contributed by atoms with E-state index in [1.807, 2.05) is 19.9 Å². The second kappa shape index (κ2) is 3.71. The van der Waals surface area contributed by atoms with Crippen molar-refractivity contribution in [3.8, 4) is 5.69 Å². The minimum absolute atomic E-state index is 0.516. The minimum atomic E-state index is 0.516. The molecular formula is C11H10ClN5O. The first-order chi connectivity index (χ1) is 8.59. The van der Waals surface area contributed by atoms with Crippen LogP contribution in [0.1, 0.15) is 11.4 Å². The van der Waals surface area contributed by atoms with Gasteiger partial charge in [0.05, 0.1) is 27.8 Å². The smallest absolute Gasteiger partial charge is 0.163 e. The van der Waals surface area contributed by atoms with Gasteiger partial charge >= 0.3 is 0 Å². The summed E-state index contributed by atoms with van der Waals surface area (Å²) in [5.74, 6) is 0. The summed E-state index contributed by atoms with van der Waals surface area (Å²) < 4.78 is 6.44. The van der Waals surface area contributed by atoms with E-state index in [2.05, 4.69) is 15.4 Å². The van der Waals surface area contributed by atoms with Crippen LogP contribution in [0, 0.1) is 13.8 Å². The lowest BCUT2D eigenvalue weighted by Gasteiger charge is -2.04. The Hall–Kier alpha value is -2.08. The van der Waals surface area contributed by atoms with Gasteiger partial charge in [-0.1, -0.05) is 11.6 Å². The zero-order chi connectivity index (χ0) is 12.9. The van der Waals surface area contributed by atoms with E-state index in [0.717, 1.165) is 17.1 Å². The number of benzene rings is 1. The first-order valence-electron chi connectivity index (χ1n) is 5.32. The Morgan fingerprint density at radius 3 is 2.61 bits per heavy atom. The molecular weight excluding hydrogens is 254 g/mol. The highest BCUT2D eigenvalue weighted by molar-refractivity contribution is 6.31. The van der Waals surface area contributed by atoms with Gasteiger partial charge in [-0.3, -0.25) is 0 Å². The van der Waals surface area contributed by atoms with Gasteiger partial charge in [-0.25, -0.2) is 9.31 Å². The number of anilines is 1. The van der Waals surface area contributed by atoms with Gasteiger partial charge in [0.15, 0.2) is 11.0 Å². The average Bonchev–Trinajstić information content (AvgIpc) is 2.92. The Balaban J connectivity index is 2.35. The molecule has 3 aromatic rings. The van der Waals surface area contributed by atoms with Gasteiger partial charge in [0.25, 0.3) is 0 Å². The van der Waals surface area contributed by atoms with Crippen molar-refractivity contribution >= 4 is 28.3 Å². The molecule has 7 heteroatoms. The van der Waals surface area contributed by atoms with Gasteiger partial charge in [-0.2, -0.15) is 5.10 Å². The molecule has 1 aromatic carbocycles. The molecule has 2 N–H and O–H groups in total. The molecule has 0 saturated heterocycles. The van der Waals surface area contributed by atoms with Crippen LogP contribution in [-0.4, -0.2) is 20.1 Å². The fourth-order valence-corrected chi connectivity index (χ4v) is 2.02. The highest BCUT2D eigenvalue weighted by atomic mass is 35.5. The number of aryl methyl sites for hydroxylation is 1. The molecule has 0 bridgehead atoms. The fourth-order valence-electron chi connectivity index (χ4n) is 1.90. The molecule has 0 saturated carbocycles. The number of fused-ring (bicyclic) bond motifs is 1. The third kappa shape index (κ3) is 1.39. The molecule has 2 heterocycles. The Kier molecular flexibility index (Phi) is 2.27. The lowest BCUT2D eigenvalue weighted by molar-refractivity contribution is 0.315. The summed E-state index contributed by atoms with van der Waals surface area (Å²) in [7, 11) is 0. The molecule has 0 atom stereocenters. The summed E-state index contributed by atoms with van der Waals surface area (Å²) in [6.45, 7) is 3.74. The van der Waals surface area contributed by atoms with Crippen LogP contribution in [0.4, 0.5) is 5.69 Å². The van der Waals surface area contributed by atoms with E-state index in [1.54, 1.807) is 10.7 Å². The van der Waals surface area contributed by atoms with Crippen molar-refractivity contribution in [3.63, 3.8) is 0 Å².